The Morgan fingerprint density at radius 1 is 1.33 bits per heavy atom. The van der Waals surface area contributed by atoms with Crippen LogP contribution in [0.2, 0.25) is 5.02 Å². The normalized spacial score (nSPS) is 10.2. The van der Waals surface area contributed by atoms with Crippen molar-refractivity contribution in [2.24, 2.45) is 0 Å². The Bertz CT molecular complexity index is 584. The highest BCUT2D eigenvalue weighted by atomic mass is 35.5. The summed E-state index contributed by atoms with van der Waals surface area (Å²) in [6.45, 7) is 0. The van der Waals surface area contributed by atoms with Crippen LogP contribution in [-0.2, 0) is 0 Å². The third-order valence-electron chi connectivity index (χ3n) is 2.38. The number of hydrogen-bond donors (Lipinski definition) is 0. The summed E-state index contributed by atoms with van der Waals surface area (Å²) in [7, 11) is 1.43. The standard InChI is InChI=1S/C13H9ClFNO2/c1-18-9-3-4-10(11(15)6-9)13(17)12-5-2-8(14)7-16-12/h2-7H,1H3. The van der Waals surface area contributed by atoms with Crippen LogP contribution in [0.1, 0.15) is 16.1 Å². The number of methoxy groups -OCH3 is 1. The number of benzene rings is 1. The van der Waals surface area contributed by atoms with E-state index in [1.54, 1.807) is 0 Å². The summed E-state index contributed by atoms with van der Waals surface area (Å²) in [5, 5.41) is 0.418. The molecule has 92 valence electrons. The van der Waals surface area contributed by atoms with Gasteiger partial charge >= 0.3 is 0 Å². The van der Waals surface area contributed by atoms with Crippen molar-refractivity contribution >= 4 is 17.4 Å². The summed E-state index contributed by atoms with van der Waals surface area (Å²) in [6.07, 6.45) is 1.34. The Hall–Kier alpha value is -1.94. The van der Waals surface area contributed by atoms with Gasteiger partial charge in [-0.05, 0) is 24.3 Å². The molecule has 3 nitrogen and oxygen atoms in total. The van der Waals surface area contributed by atoms with Gasteiger partial charge in [-0.1, -0.05) is 11.6 Å². The van der Waals surface area contributed by atoms with Gasteiger partial charge in [-0.25, -0.2) is 4.39 Å². The molecule has 1 aromatic carbocycles. The molecule has 5 heteroatoms. The van der Waals surface area contributed by atoms with E-state index < -0.39 is 11.6 Å². The van der Waals surface area contributed by atoms with Crippen molar-refractivity contribution in [2.75, 3.05) is 7.11 Å². The fourth-order valence-electron chi connectivity index (χ4n) is 1.46. The van der Waals surface area contributed by atoms with E-state index in [9.17, 15) is 9.18 Å². The summed E-state index contributed by atoms with van der Waals surface area (Å²) in [5.41, 5.74) is 0.0917. The average Bonchev–Trinajstić information content (AvgIpc) is 2.38. The Morgan fingerprint density at radius 2 is 2.11 bits per heavy atom. The maximum absolute atomic E-state index is 13.7. The van der Waals surface area contributed by atoms with Crippen LogP contribution >= 0.6 is 11.6 Å². The number of hydrogen-bond acceptors (Lipinski definition) is 3. The highest BCUT2D eigenvalue weighted by Crippen LogP contribution is 2.19. The lowest BCUT2D eigenvalue weighted by Crippen LogP contribution is -2.06. The van der Waals surface area contributed by atoms with Crippen LogP contribution in [0.3, 0.4) is 0 Å². The highest BCUT2D eigenvalue weighted by molar-refractivity contribution is 6.30. The van der Waals surface area contributed by atoms with Crippen molar-refractivity contribution in [3.05, 3.63) is 58.6 Å². The minimum absolute atomic E-state index is 0.0503. The molecule has 0 radical (unpaired) electrons. The molecule has 0 spiro atoms. The van der Waals surface area contributed by atoms with Gasteiger partial charge in [-0.3, -0.25) is 9.78 Å². The van der Waals surface area contributed by atoms with E-state index in [0.717, 1.165) is 6.07 Å². The first kappa shape index (κ1) is 12.5. The van der Waals surface area contributed by atoms with E-state index in [1.807, 2.05) is 0 Å². The van der Waals surface area contributed by atoms with E-state index in [2.05, 4.69) is 4.98 Å². The van der Waals surface area contributed by atoms with Gasteiger partial charge in [0.15, 0.2) is 0 Å². The van der Waals surface area contributed by atoms with E-state index in [-0.39, 0.29) is 11.3 Å². The molecule has 2 rings (SSSR count). The number of ether oxygens (including phenoxy) is 1. The van der Waals surface area contributed by atoms with Gasteiger partial charge in [0.05, 0.1) is 17.7 Å². The second-order valence-corrected chi connectivity index (χ2v) is 3.97. The first-order valence-electron chi connectivity index (χ1n) is 5.11. The van der Waals surface area contributed by atoms with Crippen molar-refractivity contribution in [3.8, 4) is 5.75 Å². The topological polar surface area (TPSA) is 39.2 Å². The quantitative estimate of drug-likeness (QED) is 0.801. The smallest absolute Gasteiger partial charge is 0.214 e. The lowest BCUT2D eigenvalue weighted by atomic mass is 10.1. The van der Waals surface area contributed by atoms with E-state index in [0.29, 0.717) is 10.8 Å². The van der Waals surface area contributed by atoms with Crippen LogP contribution in [0.5, 0.6) is 5.75 Å². The first-order valence-corrected chi connectivity index (χ1v) is 5.49. The molecule has 1 aromatic heterocycles. The minimum atomic E-state index is -0.642. The number of rotatable bonds is 3. The molecule has 0 unspecified atom stereocenters. The van der Waals surface area contributed by atoms with Crippen LogP contribution in [-0.4, -0.2) is 17.9 Å². The van der Waals surface area contributed by atoms with Crippen molar-refractivity contribution in [2.45, 2.75) is 0 Å². The first-order chi connectivity index (χ1) is 8.61. The molecule has 0 bridgehead atoms. The monoisotopic (exact) mass is 265 g/mol. The van der Waals surface area contributed by atoms with Gasteiger partial charge in [0.25, 0.3) is 0 Å². The molecule has 0 atom stereocenters. The zero-order valence-corrected chi connectivity index (χ0v) is 10.2. The molecule has 2 aromatic rings. The van der Waals surface area contributed by atoms with Gasteiger partial charge in [-0.15, -0.1) is 0 Å². The molecule has 0 fully saturated rings. The Balaban J connectivity index is 2.37. The lowest BCUT2D eigenvalue weighted by molar-refractivity contribution is 0.103. The zero-order valence-electron chi connectivity index (χ0n) is 9.48. The molecule has 0 N–H and O–H groups in total. The summed E-state index contributed by atoms with van der Waals surface area (Å²) in [5.74, 6) is -0.781. The van der Waals surface area contributed by atoms with Gasteiger partial charge < -0.3 is 4.74 Å². The molecule has 18 heavy (non-hydrogen) atoms. The summed E-state index contributed by atoms with van der Waals surface area (Å²) < 4.78 is 18.6. The Labute approximate surface area is 108 Å². The van der Waals surface area contributed by atoms with Crippen LogP contribution in [0, 0.1) is 5.82 Å². The zero-order chi connectivity index (χ0) is 13.1. The molecule has 0 aliphatic heterocycles. The summed E-state index contributed by atoms with van der Waals surface area (Å²) in [6, 6.07) is 7.03. The molecule has 0 aliphatic rings. The molecular weight excluding hydrogens is 257 g/mol. The van der Waals surface area contributed by atoms with Crippen molar-refractivity contribution in [1.82, 2.24) is 4.98 Å². The van der Waals surface area contributed by atoms with Gasteiger partial charge in [0.2, 0.25) is 5.78 Å². The van der Waals surface area contributed by atoms with Gasteiger partial charge in [-0.2, -0.15) is 0 Å². The highest BCUT2D eigenvalue weighted by Gasteiger charge is 2.15. The van der Waals surface area contributed by atoms with Crippen LogP contribution in [0.15, 0.2) is 36.5 Å². The fraction of sp³-hybridized carbons (Fsp3) is 0.0769. The molecule has 0 saturated carbocycles. The fourth-order valence-corrected chi connectivity index (χ4v) is 1.57. The van der Waals surface area contributed by atoms with Crippen LogP contribution in [0.4, 0.5) is 4.39 Å². The minimum Gasteiger partial charge on any atom is -0.497 e. The van der Waals surface area contributed by atoms with Crippen LogP contribution < -0.4 is 4.74 Å². The van der Waals surface area contributed by atoms with Crippen molar-refractivity contribution < 1.29 is 13.9 Å². The molecular formula is C13H9ClFNO2. The maximum atomic E-state index is 13.7. The third-order valence-corrected chi connectivity index (χ3v) is 2.60. The van der Waals surface area contributed by atoms with Crippen molar-refractivity contribution in [1.29, 1.82) is 0 Å². The Kier molecular flexibility index (Phi) is 3.58. The average molecular weight is 266 g/mol. The number of pyridine rings is 1. The maximum Gasteiger partial charge on any atom is 0.214 e. The number of aromatic nitrogens is 1. The second kappa shape index (κ2) is 5.14. The summed E-state index contributed by atoms with van der Waals surface area (Å²) in [4.78, 5) is 15.9. The molecule has 0 amide bonds. The molecule has 0 saturated heterocycles. The van der Waals surface area contributed by atoms with E-state index in [4.69, 9.17) is 16.3 Å². The number of carbonyl (C=O) groups excluding carboxylic acids is 1. The number of ketones is 1. The predicted octanol–water partition coefficient (Wildman–Crippen LogP) is 3.11. The number of nitrogens with zero attached hydrogens (tertiary/aromatic N) is 1. The van der Waals surface area contributed by atoms with Crippen molar-refractivity contribution in [3.63, 3.8) is 0 Å². The molecule has 1 heterocycles. The predicted molar refractivity (Wildman–Crippen MR) is 65.6 cm³/mol. The van der Waals surface area contributed by atoms with E-state index >= 15 is 0 Å². The Morgan fingerprint density at radius 3 is 2.67 bits per heavy atom. The van der Waals surface area contributed by atoms with Gasteiger partial charge in [0, 0.05) is 12.3 Å². The number of halogens is 2. The molecule has 0 aliphatic carbocycles. The van der Waals surface area contributed by atoms with Crippen LogP contribution in [0.25, 0.3) is 0 Å². The largest absolute Gasteiger partial charge is 0.497 e. The lowest BCUT2D eigenvalue weighted by Gasteiger charge is -2.04. The third kappa shape index (κ3) is 2.49. The van der Waals surface area contributed by atoms with Gasteiger partial charge in [0.1, 0.15) is 17.3 Å². The second-order valence-electron chi connectivity index (χ2n) is 3.54. The summed E-state index contributed by atoms with van der Waals surface area (Å²) >= 11 is 5.67. The number of carbonyl (C=O) groups is 1. The van der Waals surface area contributed by atoms with E-state index in [1.165, 1.54) is 37.6 Å². The SMILES string of the molecule is COc1ccc(C(=O)c2ccc(Cl)cn2)c(F)c1.